The molecule has 0 aromatic rings. The number of hydrogen-bond acceptors (Lipinski definition) is 5. The maximum atomic E-state index is 13.3. The Hall–Kier alpha value is -1.28. The minimum atomic E-state index is -0.588. The van der Waals surface area contributed by atoms with Crippen LogP contribution < -0.4 is 10.6 Å². The van der Waals surface area contributed by atoms with Gasteiger partial charge in [0, 0.05) is 31.0 Å². The van der Waals surface area contributed by atoms with Crippen molar-refractivity contribution in [1.29, 1.82) is 0 Å². The van der Waals surface area contributed by atoms with Crippen LogP contribution in [0.15, 0.2) is 0 Å². The van der Waals surface area contributed by atoms with Crippen LogP contribution in [0.1, 0.15) is 40.0 Å². The third-order valence-corrected chi connectivity index (χ3v) is 8.03. The summed E-state index contributed by atoms with van der Waals surface area (Å²) in [7, 11) is 1.60. The SMILES string of the molecule is CNC(=O)[C@@H]1[C@H]2C(=O)N(CCCO)C(C(=O)NC(C)C)C23CC[C@@]1(C)S3. The molecule has 7 nitrogen and oxygen atoms in total. The number of carbonyl (C=O) groups excluding carboxylic acids is 3. The van der Waals surface area contributed by atoms with Crippen molar-refractivity contribution in [1.82, 2.24) is 15.5 Å². The Morgan fingerprint density at radius 2 is 2.04 bits per heavy atom. The third kappa shape index (κ3) is 2.64. The Morgan fingerprint density at radius 3 is 2.62 bits per heavy atom. The van der Waals surface area contributed by atoms with Gasteiger partial charge in [-0.2, -0.15) is 0 Å². The Morgan fingerprint density at radius 1 is 1.35 bits per heavy atom. The number of nitrogens with zero attached hydrogens (tertiary/aromatic N) is 1. The molecule has 2 bridgehead atoms. The highest BCUT2D eigenvalue weighted by molar-refractivity contribution is 8.02. The van der Waals surface area contributed by atoms with Crippen LogP contribution in [0.25, 0.3) is 0 Å². The van der Waals surface area contributed by atoms with E-state index in [4.69, 9.17) is 0 Å². The van der Waals surface area contributed by atoms with Gasteiger partial charge in [-0.1, -0.05) is 0 Å². The number of fused-ring (bicyclic) bond motifs is 1. The van der Waals surface area contributed by atoms with Crippen LogP contribution in [0, 0.1) is 11.8 Å². The zero-order valence-electron chi connectivity index (χ0n) is 15.9. The molecule has 3 fully saturated rings. The highest BCUT2D eigenvalue weighted by Gasteiger charge is 2.76. The zero-order valence-corrected chi connectivity index (χ0v) is 16.7. The fraction of sp³-hybridized carbons (Fsp3) is 0.833. The van der Waals surface area contributed by atoms with Crippen molar-refractivity contribution in [3.8, 4) is 0 Å². The number of aliphatic hydroxyl groups excluding tert-OH is 1. The molecule has 3 aliphatic rings. The molecular formula is C18H29N3O4S. The van der Waals surface area contributed by atoms with Crippen molar-refractivity contribution in [2.75, 3.05) is 20.2 Å². The largest absolute Gasteiger partial charge is 0.396 e. The first-order chi connectivity index (χ1) is 12.2. The number of likely N-dealkylation sites (tertiary alicyclic amines) is 1. The molecule has 0 aromatic heterocycles. The molecule has 3 rings (SSSR count). The van der Waals surface area contributed by atoms with E-state index in [-0.39, 0.29) is 35.1 Å². The predicted molar refractivity (Wildman–Crippen MR) is 99.5 cm³/mol. The maximum absolute atomic E-state index is 13.3. The fourth-order valence-corrected chi connectivity index (χ4v) is 7.48. The fourth-order valence-electron chi connectivity index (χ4n) is 5.13. The first-order valence-corrected chi connectivity index (χ1v) is 10.2. The van der Waals surface area contributed by atoms with E-state index in [1.165, 1.54) is 0 Å². The first kappa shape index (κ1) is 19.5. The average Bonchev–Trinajstić information content (AvgIpc) is 3.13. The number of nitrogens with one attached hydrogen (secondary N) is 2. The Labute approximate surface area is 158 Å². The molecule has 26 heavy (non-hydrogen) atoms. The lowest BCUT2D eigenvalue weighted by Gasteiger charge is -2.35. The predicted octanol–water partition coefficient (Wildman–Crippen LogP) is 0.121. The molecule has 5 atom stereocenters. The van der Waals surface area contributed by atoms with Crippen molar-refractivity contribution in [2.24, 2.45) is 11.8 Å². The molecule has 3 amide bonds. The standard InChI is InChI=1S/C18H29N3O4S/c1-10(2)20-15(24)13-18-7-6-17(3,26-18)11(14(23)19-4)12(18)16(25)21(13)8-5-9-22/h10-13,22H,5-9H2,1-4H3,(H,19,23)(H,20,24)/t11-,12-,13?,17+,18?/m0/s1. The second kappa shape index (κ2) is 6.71. The number of amides is 3. The van der Waals surface area contributed by atoms with E-state index in [9.17, 15) is 19.5 Å². The summed E-state index contributed by atoms with van der Waals surface area (Å²) in [6.45, 7) is 6.14. The summed E-state index contributed by atoms with van der Waals surface area (Å²) >= 11 is 1.66. The van der Waals surface area contributed by atoms with Gasteiger partial charge in [0.05, 0.1) is 16.6 Å². The number of carbonyl (C=O) groups is 3. The molecule has 0 saturated carbocycles. The molecule has 0 aliphatic carbocycles. The Kier molecular flexibility index (Phi) is 5.03. The molecule has 0 aromatic carbocycles. The Bertz CT molecular complexity index is 628. The summed E-state index contributed by atoms with van der Waals surface area (Å²) in [4.78, 5) is 40.6. The Balaban J connectivity index is 2.03. The van der Waals surface area contributed by atoms with Crippen LogP contribution in [0.4, 0.5) is 0 Å². The van der Waals surface area contributed by atoms with Gasteiger partial charge in [0.2, 0.25) is 17.7 Å². The summed E-state index contributed by atoms with van der Waals surface area (Å²) in [6.07, 6.45) is 2.00. The van der Waals surface area contributed by atoms with Crippen LogP contribution >= 0.6 is 11.8 Å². The van der Waals surface area contributed by atoms with Crippen LogP contribution in [0.5, 0.6) is 0 Å². The highest BCUT2D eigenvalue weighted by Crippen LogP contribution is 2.71. The van der Waals surface area contributed by atoms with Gasteiger partial charge >= 0.3 is 0 Å². The molecule has 3 aliphatic heterocycles. The van der Waals surface area contributed by atoms with Gasteiger partial charge < -0.3 is 20.6 Å². The second-order valence-corrected chi connectivity index (χ2v) is 10.0. The van der Waals surface area contributed by atoms with Gasteiger partial charge in [-0.25, -0.2) is 0 Å². The van der Waals surface area contributed by atoms with Crippen LogP contribution in [-0.4, -0.2) is 69.5 Å². The van der Waals surface area contributed by atoms with E-state index in [1.807, 2.05) is 20.8 Å². The van der Waals surface area contributed by atoms with Crippen molar-refractivity contribution in [3.63, 3.8) is 0 Å². The van der Waals surface area contributed by atoms with Crippen molar-refractivity contribution in [2.45, 2.75) is 61.6 Å². The zero-order chi connectivity index (χ0) is 19.3. The van der Waals surface area contributed by atoms with E-state index in [1.54, 1.807) is 23.7 Å². The highest BCUT2D eigenvalue weighted by atomic mass is 32.2. The van der Waals surface area contributed by atoms with E-state index in [0.29, 0.717) is 13.0 Å². The molecular weight excluding hydrogens is 354 g/mol. The van der Waals surface area contributed by atoms with Gasteiger partial charge in [0.15, 0.2) is 0 Å². The number of aliphatic hydroxyl groups is 1. The molecule has 8 heteroatoms. The van der Waals surface area contributed by atoms with Gasteiger partial charge in [-0.3, -0.25) is 14.4 Å². The quantitative estimate of drug-likeness (QED) is 0.605. The molecule has 2 unspecified atom stereocenters. The van der Waals surface area contributed by atoms with Gasteiger partial charge in [-0.15, -0.1) is 11.8 Å². The van der Waals surface area contributed by atoms with Crippen molar-refractivity contribution in [3.05, 3.63) is 0 Å². The summed E-state index contributed by atoms with van der Waals surface area (Å²) in [5.74, 6) is -1.29. The lowest BCUT2D eigenvalue weighted by Crippen LogP contribution is -2.55. The summed E-state index contributed by atoms with van der Waals surface area (Å²) in [5.41, 5.74) is 0. The maximum Gasteiger partial charge on any atom is 0.244 e. The average molecular weight is 384 g/mol. The smallest absolute Gasteiger partial charge is 0.244 e. The summed E-state index contributed by atoms with van der Waals surface area (Å²) < 4.78 is -0.878. The van der Waals surface area contributed by atoms with Crippen LogP contribution in [0.2, 0.25) is 0 Å². The summed E-state index contributed by atoms with van der Waals surface area (Å²) in [6, 6.07) is -0.614. The van der Waals surface area contributed by atoms with Gasteiger partial charge in [0.25, 0.3) is 0 Å². The number of thioether (sulfide) groups is 1. The van der Waals surface area contributed by atoms with E-state index in [2.05, 4.69) is 10.6 Å². The number of hydrogen-bond donors (Lipinski definition) is 3. The van der Waals surface area contributed by atoms with Crippen molar-refractivity contribution < 1.29 is 19.5 Å². The first-order valence-electron chi connectivity index (χ1n) is 9.35. The molecule has 1 spiro atoms. The van der Waals surface area contributed by atoms with Crippen molar-refractivity contribution >= 4 is 29.5 Å². The third-order valence-electron chi connectivity index (χ3n) is 6.04. The second-order valence-electron chi connectivity index (χ2n) is 8.11. The molecule has 3 heterocycles. The van der Waals surface area contributed by atoms with E-state index in [0.717, 1.165) is 12.8 Å². The molecule has 0 radical (unpaired) electrons. The number of rotatable bonds is 6. The molecule has 3 saturated heterocycles. The lowest BCUT2D eigenvalue weighted by molar-refractivity contribution is -0.140. The van der Waals surface area contributed by atoms with Gasteiger partial charge in [-0.05, 0) is 40.0 Å². The topological polar surface area (TPSA) is 98.7 Å². The minimum absolute atomic E-state index is 0.0262. The summed E-state index contributed by atoms with van der Waals surface area (Å²) in [5, 5.41) is 14.9. The van der Waals surface area contributed by atoms with Crippen LogP contribution in [-0.2, 0) is 14.4 Å². The monoisotopic (exact) mass is 383 g/mol. The molecule has 146 valence electrons. The van der Waals surface area contributed by atoms with Gasteiger partial charge in [0.1, 0.15) is 6.04 Å². The van der Waals surface area contributed by atoms with Crippen LogP contribution in [0.3, 0.4) is 0 Å². The normalized spacial score (nSPS) is 38.0. The minimum Gasteiger partial charge on any atom is -0.396 e. The van der Waals surface area contributed by atoms with E-state index < -0.39 is 22.6 Å². The molecule has 3 N–H and O–H groups in total. The lowest BCUT2D eigenvalue weighted by atomic mass is 9.66. The van der Waals surface area contributed by atoms with E-state index >= 15 is 0 Å².